The van der Waals surface area contributed by atoms with Gasteiger partial charge in [0, 0.05) is 11.8 Å². The van der Waals surface area contributed by atoms with Crippen LogP contribution in [-0.2, 0) is 31.2 Å². The summed E-state index contributed by atoms with van der Waals surface area (Å²) in [7, 11) is -1.72. The van der Waals surface area contributed by atoms with Gasteiger partial charge in [-0.2, -0.15) is 0 Å². The van der Waals surface area contributed by atoms with Crippen LogP contribution in [0.3, 0.4) is 0 Å². The molecule has 1 aromatic heterocycles. The van der Waals surface area contributed by atoms with E-state index in [0.29, 0.717) is 29.7 Å². The van der Waals surface area contributed by atoms with E-state index in [1.54, 1.807) is 4.57 Å². The minimum absolute atomic E-state index is 0.0788. The van der Waals surface area contributed by atoms with Crippen molar-refractivity contribution >= 4 is 20.8 Å². The van der Waals surface area contributed by atoms with Crippen LogP contribution in [0.25, 0.3) is 0 Å². The number of benzene rings is 1. The molecule has 2 aromatic rings. The third kappa shape index (κ3) is 5.44. The number of nitrogens with zero attached hydrogens (tertiary/aromatic N) is 1. The highest BCUT2D eigenvalue weighted by molar-refractivity contribution is 7.71. The SMILES string of the molecule is C#Cc1cn(C2CCC(COP3OCc4c(F)c(C(C)(C)C)cc(C(C)(C)C)c4O3)O2)c(=S)[nH]c1=O. The normalized spacial score (nSPS) is 22.1. The van der Waals surface area contributed by atoms with Gasteiger partial charge in [0.25, 0.3) is 5.56 Å². The van der Waals surface area contributed by atoms with E-state index in [9.17, 15) is 4.79 Å². The molecule has 0 bridgehead atoms. The van der Waals surface area contributed by atoms with Crippen LogP contribution in [0.1, 0.15) is 82.9 Å². The van der Waals surface area contributed by atoms with E-state index in [2.05, 4.69) is 31.7 Å². The summed E-state index contributed by atoms with van der Waals surface area (Å²) in [6.07, 6.45) is 7.75. The molecule has 0 aliphatic carbocycles. The van der Waals surface area contributed by atoms with Crippen molar-refractivity contribution < 1.29 is 22.7 Å². The Balaban J connectivity index is 1.47. The summed E-state index contributed by atoms with van der Waals surface area (Å²) in [5.41, 5.74) is 1.18. The predicted molar refractivity (Wildman–Crippen MR) is 139 cm³/mol. The molecule has 36 heavy (non-hydrogen) atoms. The summed E-state index contributed by atoms with van der Waals surface area (Å²) >= 11 is 5.27. The lowest BCUT2D eigenvalue weighted by Crippen LogP contribution is -2.23. The number of aromatic nitrogens is 2. The maximum atomic E-state index is 15.4. The Morgan fingerprint density at radius 2 is 1.94 bits per heavy atom. The number of ether oxygens (including phenoxy) is 1. The van der Waals surface area contributed by atoms with Gasteiger partial charge in [-0.05, 0) is 47.5 Å². The largest absolute Gasteiger partial charge is 0.426 e. The monoisotopic (exact) mass is 534 g/mol. The molecule has 0 radical (unpaired) electrons. The molecule has 1 fully saturated rings. The molecule has 0 saturated carbocycles. The fraction of sp³-hybridized carbons (Fsp3) is 0.538. The Kier molecular flexibility index (Phi) is 7.49. The van der Waals surface area contributed by atoms with Gasteiger partial charge < -0.3 is 9.26 Å². The molecular formula is C26H32FN2O5PS. The van der Waals surface area contributed by atoms with Crippen molar-refractivity contribution in [1.29, 1.82) is 0 Å². The van der Waals surface area contributed by atoms with Gasteiger partial charge in [0.1, 0.15) is 23.4 Å². The lowest BCUT2D eigenvalue weighted by molar-refractivity contribution is -0.0221. The van der Waals surface area contributed by atoms with Gasteiger partial charge in [-0.3, -0.25) is 23.4 Å². The Bertz CT molecular complexity index is 1320. The minimum Gasteiger partial charge on any atom is -0.426 e. The average molecular weight is 535 g/mol. The molecule has 7 nitrogen and oxygen atoms in total. The number of nitrogens with one attached hydrogen (secondary N) is 1. The van der Waals surface area contributed by atoms with Crippen LogP contribution < -0.4 is 10.1 Å². The highest BCUT2D eigenvalue weighted by Gasteiger charge is 2.36. The third-order valence-electron chi connectivity index (χ3n) is 6.29. The van der Waals surface area contributed by atoms with Crippen LogP contribution in [0.2, 0.25) is 0 Å². The number of H-pyrrole nitrogens is 1. The van der Waals surface area contributed by atoms with E-state index < -0.39 is 14.2 Å². The summed E-state index contributed by atoms with van der Waals surface area (Å²) in [6, 6.07) is 1.91. The fourth-order valence-corrected chi connectivity index (χ4v) is 5.60. The second kappa shape index (κ2) is 10.00. The van der Waals surface area contributed by atoms with Crippen LogP contribution in [-0.4, -0.2) is 22.3 Å². The van der Waals surface area contributed by atoms with Gasteiger partial charge >= 0.3 is 8.60 Å². The molecule has 3 heterocycles. The molecular weight excluding hydrogens is 502 g/mol. The molecule has 4 rings (SSSR count). The Morgan fingerprint density at radius 3 is 2.58 bits per heavy atom. The van der Waals surface area contributed by atoms with Crippen LogP contribution >= 0.6 is 20.8 Å². The zero-order valence-corrected chi connectivity index (χ0v) is 23.1. The van der Waals surface area contributed by atoms with Crippen molar-refractivity contribution in [2.75, 3.05) is 6.61 Å². The topological polar surface area (TPSA) is 74.7 Å². The zero-order chi connectivity index (χ0) is 26.4. The van der Waals surface area contributed by atoms with Gasteiger partial charge in [0.2, 0.25) is 0 Å². The smallest absolute Gasteiger partial charge is 0.397 e. The number of halogens is 1. The second-order valence-corrected chi connectivity index (χ2v) is 12.7. The van der Waals surface area contributed by atoms with Crippen LogP contribution in [0.4, 0.5) is 4.39 Å². The van der Waals surface area contributed by atoms with E-state index in [0.717, 1.165) is 5.56 Å². The standard InChI is InChI=1S/C26H32FN2O5PS/c1-8-15-12-29(24(36)28-23(15)30)20-10-9-16(33-20)13-31-35-32-14-17-21(27)18(25(2,3)4)11-19(22(17)34-35)26(5,6)7/h1,11-12,16,20H,9-10,13-14H2,2-7H3,(H,28,30,36). The lowest BCUT2D eigenvalue weighted by atomic mass is 9.78. The summed E-state index contributed by atoms with van der Waals surface area (Å²) in [5.74, 6) is 2.58. The maximum Gasteiger partial charge on any atom is 0.397 e. The molecule has 1 aromatic carbocycles. The summed E-state index contributed by atoms with van der Waals surface area (Å²) in [5, 5.41) is 0. The van der Waals surface area contributed by atoms with Gasteiger partial charge in [0.05, 0.1) is 24.9 Å². The number of rotatable bonds is 4. The van der Waals surface area contributed by atoms with Crippen molar-refractivity contribution in [2.24, 2.45) is 0 Å². The number of aromatic amines is 1. The van der Waals surface area contributed by atoms with Gasteiger partial charge in [-0.15, -0.1) is 6.42 Å². The molecule has 10 heteroatoms. The van der Waals surface area contributed by atoms with E-state index in [1.165, 1.54) is 6.20 Å². The molecule has 2 aliphatic rings. The van der Waals surface area contributed by atoms with Crippen LogP contribution in [0, 0.1) is 22.9 Å². The molecule has 0 spiro atoms. The first-order valence-corrected chi connectivity index (χ1v) is 13.4. The van der Waals surface area contributed by atoms with Crippen LogP contribution in [0.15, 0.2) is 17.1 Å². The van der Waals surface area contributed by atoms with Gasteiger partial charge in [-0.25, -0.2) is 4.39 Å². The van der Waals surface area contributed by atoms with Gasteiger partial charge in [-0.1, -0.05) is 47.5 Å². The minimum atomic E-state index is -1.72. The van der Waals surface area contributed by atoms with Crippen molar-refractivity contribution in [3.8, 4) is 18.1 Å². The first-order chi connectivity index (χ1) is 16.8. The predicted octanol–water partition coefficient (Wildman–Crippen LogP) is 6.15. The molecule has 1 N–H and O–H groups in total. The van der Waals surface area contributed by atoms with Crippen molar-refractivity contribution in [3.63, 3.8) is 0 Å². The van der Waals surface area contributed by atoms with E-state index in [1.807, 2.05) is 26.8 Å². The van der Waals surface area contributed by atoms with Crippen molar-refractivity contribution in [3.05, 3.63) is 55.5 Å². The molecule has 2 aliphatic heterocycles. The van der Waals surface area contributed by atoms with Crippen molar-refractivity contribution in [1.82, 2.24) is 9.55 Å². The van der Waals surface area contributed by atoms with Crippen molar-refractivity contribution in [2.45, 2.75) is 84.2 Å². The average Bonchev–Trinajstić information content (AvgIpc) is 3.25. The summed E-state index contributed by atoms with van der Waals surface area (Å²) in [6.45, 7) is 12.5. The highest BCUT2D eigenvalue weighted by Crippen LogP contribution is 2.52. The Morgan fingerprint density at radius 1 is 1.25 bits per heavy atom. The van der Waals surface area contributed by atoms with E-state index in [4.69, 9.17) is 36.9 Å². The van der Waals surface area contributed by atoms with E-state index >= 15 is 4.39 Å². The maximum absolute atomic E-state index is 15.4. The third-order valence-corrected chi connectivity index (χ3v) is 7.63. The molecule has 194 valence electrons. The number of terminal acetylenes is 1. The Labute approximate surface area is 217 Å². The van der Waals surface area contributed by atoms with E-state index in [-0.39, 0.29) is 52.5 Å². The second-order valence-electron chi connectivity index (χ2n) is 11.1. The summed E-state index contributed by atoms with van der Waals surface area (Å²) in [4.78, 5) is 14.4. The lowest BCUT2D eigenvalue weighted by Gasteiger charge is -2.33. The molecule has 3 atom stereocenters. The first-order valence-electron chi connectivity index (χ1n) is 11.9. The fourth-order valence-electron chi connectivity index (χ4n) is 4.28. The zero-order valence-electron chi connectivity index (χ0n) is 21.4. The van der Waals surface area contributed by atoms with Gasteiger partial charge in [0.15, 0.2) is 4.77 Å². The highest BCUT2D eigenvalue weighted by atomic mass is 32.1. The molecule has 3 unspecified atom stereocenters. The number of hydrogen-bond donors (Lipinski definition) is 1. The molecule has 0 amide bonds. The quantitative estimate of drug-likeness (QED) is 0.288. The van der Waals surface area contributed by atoms with Crippen LogP contribution in [0.5, 0.6) is 5.75 Å². The summed E-state index contributed by atoms with van der Waals surface area (Å²) < 4.78 is 41.3. The number of hydrogen-bond acceptors (Lipinski definition) is 6. The first kappa shape index (κ1) is 27.0. The Hall–Kier alpha value is -2.08. The number of fused-ring (bicyclic) bond motifs is 1. The molecule has 1 saturated heterocycles.